The Labute approximate surface area is 335 Å². The molecule has 268 valence electrons. The second-order valence-corrected chi connectivity index (χ2v) is 15.6. The van der Waals surface area contributed by atoms with Crippen molar-refractivity contribution in [2.45, 2.75) is 0 Å². The van der Waals surface area contributed by atoms with Gasteiger partial charge in [0.05, 0.1) is 11.4 Å². The molecule has 0 bridgehead atoms. The van der Waals surface area contributed by atoms with Gasteiger partial charge < -0.3 is 9.80 Å². The third-order valence-electron chi connectivity index (χ3n) is 11.1. The van der Waals surface area contributed by atoms with Crippen molar-refractivity contribution < 1.29 is 0 Å². The van der Waals surface area contributed by atoms with Crippen LogP contribution in [0.25, 0.3) is 63.6 Å². The van der Waals surface area contributed by atoms with Crippen molar-refractivity contribution in [1.82, 2.24) is 0 Å². The molecule has 57 heavy (non-hydrogen) atoms. The van der Waals surface area contributed by atoms with Gasteiger partial charge in [0.1, 0.15) is 0 Å². The minimum Gasteiger partial charge on any atom is -0.308 e. The third kappa shape index (κ3) is 5.88. The first-order chi connectivity index (χ1) is 28.2. The minimum atomic E-state index is 1.09. The Morgan fingerprint density at radius 2 is 0.789 bits per heavy atom. The number of benzene rings is 10. The Bertz CT molecular complexity index is 3260. The zero-order valence-corrected chi connectivity index (χ0v) is 31.9. The fraction of sp³-hybridized carbons (Fsp3) is 0. The summed E-state index contributed by atoms with van der Waals surface area (Å²) in [6, 6.07) is 79.7. The van der Waals surface area contributed by atoms with Crippen LogP contribution >= 0.6 is 11.3 Å². The Kier molecular flexibility index (Phi) is 8.04. The van der Waals surface area contributed by atoms with E-state index in [-0.39, 0.29) is 0 Å². The van der Waals surface area contributed by atoms with Crippen LogP contribution in [-0.2, 0) is 0 Å². The Balaban J connectivity index is 1.25. The first-order valence-corrected chi connectivity index (χ1v) is 20.2. The molecule has 0 saturated carbocycles. The van der Waals surface area contributed by atoms with E-state index in [1.807, 2.05) is 11.3 Å². The number of thiophene rings is 1. The van der Waals surface area contributed by atoms with Gasteiger partial charge in [-0.2, -0.15) is 0 Å². The molecule has 0 unspecified atom stereocenters. The molecule has 0 saturated heterocycles. The van der Waals surface area contributed by atoms with Gasteiger partial charge in [0, 0.05) is 42.9 Å². The first-order valence-electron chi connectivity index (χ1n) is 19.4. The molecule has 10 aromatic carbocycles. The minimum absolute atomic E-state index is 1.09. The van der Waals surface area contributed by atoms with E-state index in [2.05, 4.69) is 228 Å². The first kappa shape index (κ1) is 33.2. The zero-order chi connectivity index (χ0) is 37.7. The van der Waals surface area contributed by atoms with Gasteiger partial charge in [0.2, 0.25) is 0 Å². The molecule has 0 aliphatic rings. The fourth-order valence-corrected chi connectivity index (χ4v) is 9.66. The van der Waals surface area contributed by atoms with E-state index in [1.165, 1.54) is 63.6 Å². The molecular formula is C54H36N2S. The lowest BCUT2D eigenvalue weighted by Gasteiger charge is -2.34. The number of hydrogen-bond acceptors (Lipinski definition) is 3. The van der Waals surface area contributed by atoms with Gasteiger partial charge in [-0.1, -0.05) is 158 Å². The normalized spacial score (nSPS) is 11.5. The lowest BCUT2D eigenvalue weighted by Crippen LogP contribution is -2.17. The number of hydrogen-bond donors (Lipinski definition) is 0. The topological polar surface area (TPSA) is 6.48 Å². The Morgan fingerprint density at radius 1 is 0.281 bits per heavy atom. The van der Waals surface area contributed by atoms with Crippen LogP contribution in [0, 0.1) is 0 Å². The molecule has 3 heteroatoms. The highest BCUT2D eigenvalue weighted by molar-refractivity contribution is 7.26. The molecule has 0 fully saturated rings. The molecular weight excluding hydrogens is 709 g/mol. The molecule has 2 nitrogen and oxygen atoms in total. The molecule has 1 heterocycles. The van der Waals surface area contributed by atoms with E-state index >= 15 is 0 Å². The van der Waals surface area contributed by atoms with Crippen LogP contribution in [0.4, 0.5) is 34.1 Å². The maximum Gasteiger partial charge on any atom is 0.0716 e. The van der Waals surface area contributed by atoms with Crippen molar-refractivity contribution in [2.75, 3.05) is 9.80 Å². The molecule has 11 rings (SSSR count). The van der Waals surface area contributed by atoms with E-state index in [0.29, 0.717) is 0 Å². The summed E-state index contributed by atoms with van der Waals surface area (Å²) in [5, 5.41) is 9.90. The van der Waals surface area contributed by atoms with E-state index in [1.54, 1.807) is 0 Å². The maximum absolute atomic E-state index is 2.47. The predicted molar refractivity (Wildman–Crippen MR) is 247 cm³/mol. The summed E-state index contributed by atoms with van der Waals surface area (Å²) >= 11 is 1.88. The van der Waals surface area contributed by atoms with Gasteiger partial charge >= 0.3 is 0 Å². The van der Waals surface area contributed by atoms with Crippen LogP contribution in [0.15, 0.2) is 218 Å². The highest BCUT2D eigenvalue weighted by Gasteiger charge is 2.25. The van der Waals surface area contributed by atoms with Crippen LogP contribution < -0.4 is 9.80 Å². The van der Waals surface area contributed by atoms with Gasteiger partial charge in [-0.05, 0) is 104 Å². The summed E-state index contributed by atoms with van der Waals surface area (Å²) in [5.74, 6) is 0. The van der Waals surface area contributed by atoms with Gasteiger partial charge in [0.25, 0.3) is 0 Å². The van der Waals surface area contributed by atoms with Crippen LogP contribution in [0.3, 0.4) is 0 Å². The van der Waals surface area contributed by atoms with E-state index in [0.717, 1.165) is 34.1 Å². The second-order valence-electron chi connectivity index (χ2n) is 14.6. The van der Waals surface area contributed by atoms with Crippen LogP contribution in [0.5, 0.6) is 0 Å². The van der Waals surface area contributed by atoms with Crippen molar-refractivity contribution in [3.63, 3.8) is 0 Å². The van der Waals surface area contributed by atoms with E-state index < -0.39 is 0 Å². The lowest BCUT2D eigenvalue weighted by atomic mass is 10.0. The summed E-state index contributed by atoms with van der Waals surface area (Å²) in [4.78, 5) is 4.91. The molecule has 0 radical (unpaired) electrons. The smallest absolute Gasteiger partial charge is 0.0716 e. The molecule has 0 amide bonds. The summed E-state index contributed by atoms with van der Waals surface area (Å²) in [6.07, 6.45) is 0. The molecule has 0 aliphatic carbocycles. The monoisotopic (exact) mass is 744 g/mol. The van der Waals surface area contributed by atoms with Crippen LogP contribution in [-0.4, -0.2) is 0 Å². The van der Waals surface area contributed by atoms with Crippen molar-refractivity contribution in [3.8, 4) is 11.1 Å². The van der Waals surface area contributed by atoms with Gasteiger partial charge in [-0.25, -0.2) is 0 Å². The van der Waals surface area contributed by atoms with E-state index in [9.17, 15) is 0 Å². The van der Waals surface area contributed by atoms with Gasteiger partial charge in [-0.3, -0.25) is 0 Å². The Morgan fingerprint density at radius 3 is 1.49 bits per heavy atom. The molecule has 1 aromatic heterocycles. The summed E-state index contributed by atoms with van der Waals surface area (Å²) in [5.41, 5.74) is 8.92. The quantitative estimate of drug-likeness (QED) is 0.160. The highest BCUT2D eigenvalue weighted by Crippen LogP contribution is 2.51. The summed E-state index contributed by atoms with van der Waals surface area (Å²) in [6.45, 7) is 0. The Hall–Kier alpha value is -7.20. The average molecular weight is 745 g/mol. The number of fused-ring (bicyclic) bond motifs is 7. The third-order valence-corrected chi connectivity index (χ3v) is 12.4. The van der Waals surface area contributed by atoms with E-state index in [4.69, 9.17) is 0 Å². The molecule has 0 spiro atoms. The number of nitrogens with zero attached hydrogens (tertiary/aromatic N) is 2. The van der Waals surface area contributed by atoms with Gasteiger partial charge in [-0.15, -0.1) is 11.3 Å². The molecule has 0 N–H and O–H groups in total. The van der Waals surface area contributed by atoms with Gasteiger partial charge in [0.15, 0.2) is 0 Å². The predicted octanol–water partition coefficient (Wildman–Crippen LogP) is 16.1. The van der Waals surface area contributed by atoms with Crippen LogP contribution in [0.1, 0.15) is 0 Å². The largest absolute Gasteiger partial charge is 0.308 e. The van der Waals surface area contributed by atoms with Crippen molar-refractivity contribution in [3.05, 3.63) is 218 Å². The molecule has 11 aromatic rings. The van der Waals surface area contributed by atoms with Crippen LogP contribution in [0.2, 0.25) is 0 Å². The number of para-hydroxylation sites is 1. The molecule has 0 aliphatic heterocycles. The second kappa shape index (κ2) is 13.8. The maximum atomic E-state index is 2.47. The number of anilines is 6. The highest BCUT2D eigenvalue weighted by atomic mass is 32.1. The number of rotatable bonds is 7. The zero-order valence-electron chi connectivity index (χ0n) is 31.1. The fourth-order valence-electron chi connectivity index (χ4n) is 8.40. The SMILES string of the molecule is c1ccc(-c2cccc(N(c3ccc4ccccc4c3)c3cc4c(cc3N(c3ccccc3)c3ccc5ccccc5c3)sc3c5ccccc5ccc43)c2)cc1. The van der Waals surface area contributed by atoms with Crippen molar-refractivity contribution >= 4 is 98.0 Å². The van der Waals surface area contributed by atoms with Crippen molar-refractivity contribution in [2.24, 2.45) is 0 Å². The average Bonchev–Trinajstić information content (AvgIpc) is 3.65. The summed E-state index contributed by atoms with van der Waals surface area (Å²) < 4.78 is 2.56. The lowest BCUT2D eigenvalue weighted by molar-refractivity contribution is 1.24. The van der Waals surface area contributed by atoms with Crippen molar-refractivity contribution in [1.29, 1.82) is 0 Å². The summed E-state index contributed by atoms with van der Waals surface area (Å²) in [7, 11) is 0. The standard InChI is InChI=1S/C54H36N2S/c1-3-14-37(15-4-1)43-21-13-24-45(32-43)56(47-30-27-39-17-8-10-20-42(39)34-47)51-35-50-49-31-28-40-18-11-12-25-48(40)54(49)57-53(50)36-52(51)55(44-22-5-2-6-23-44)46-29-26-38-16-7-9-19-41(38)33-46/h1-36H. The molecule has 0 atom stereocenters.